The monoisotopic (exact) mass is 935 g/mol. The van der Waals surface area contributed by atoms with Gasteiger partial charge in [0.2, 0.25) is 23.7 Å². The number of rotatable bonds is 20. The quantitative estimate of drug-likeness (QED) is 0.0536. The Labute approximate surface area is 395 Å². The molecule has 0 radical (unpaired) electrons. The highest BCUT2D eigenvalue weighted by atomic mass is 16.3. The van der Waals surface area contributed by atoms with Gasteiger partial charge in [0, 0.05) is 86.7 Å². The standard InChI is InChI=1S/C46H66N18O4/c1-27(2)61-19-33(49-23-61)13-15-47-45-57-41(39-43(59-45)63(25-51-39)35-11-9-31(17-35)53-37(67)21-65)55-29-5-7-30(8-6-29)56-42-40-44(64(26-52-40)36-12-10-32(18-36)54-38(68)22-66)60-46(58-42)48-16-14-34-20-62(24-50-34)28(3)4/h19-20,23-32,35-36,65-66H,5-18,21-22H2,1-4H3,(H,53,67)(H,54,68)(H2,47,55,57,59)(H2,48,56,58,60)/t29?,30?,31-,32-,35+,36+/m1/s1. The van der Waals surface area contributed by atoms with E-state index in [2.05, 4.69) is 100 Å². The second-order valence-electron chi connectivity index (χ2n) is 19.2. The van der Waals surface area contributed by atoms with E-state index in [0.29, 0.717) is 72.6 Å². The second-order valence-corrected chi connectivity index (χ2v) is 19.2. The number of fused-ring (bicyclic) bond motifs is 2. The Balaban J connectivity index is 0.898. The van der Waals surface area contributed by atoms with Gasteiger partial charge in [0.15, 0.2) is 34.0 Å². The lowest BCUT2D eigenvalue weighted by atomic mass is 9.91. The molecule has 0 bridgehead atoms. The van der Waals surface area contributed by atoms with Crippen molar-refractivity contribution < 1.29 is 19.8 Å². The topological polar surface area (TPSA) is 270 Å². The maximum absolute atomic E-state index is 12.0. The molecule has 6 aromatic rings. The van der Waals surface area contributed by atoms with E-state index in [4.69, 9.17) is 29.9 Å². The summed E-state index contributed by atoms with van der Waals surface area (Å²) in [6.07, 6.45) is 21.2. The van der Waals surface area contributed by atoms with Crippen LogP contribution in [0.2, 0.25) is 0 Å². The fourth-order valence-electron chi connectivity index (χ4n) is 9.91. The Kier molecular flexibility index (Phi) is 14.3. The molecule has 2 amide bonds. The van der Waals surface area contributed by atoms with Crippen LogP contribution in [-0.4, -0.2) is 131 Å². The number of anilines is 4. The number of hydrogen-bond donors (Lipinski definition) is 8. The zero-order valence-corrected chi connectivity index (χ0v) is 39.5. The van der Waals surface area contributed by atoms with E-state index in [-0.39, 0.29) is 48.1 Å². The number of amides is 2. The van der Waals surface area contributed by atoms with Crippen molar-refractivity contribution in [2.24, 2.45) is 0 Å². The van der Waals surface area contributed by atoms with Crippen LogP contribution in [0.1, 0.15) is 127 Å². The Morgan fingerprint density at radius 3 is 1.37 bits per heavy atom. The lowest BCUT2D eigenvalue weighted by Gasteiger charge is -2.30. The van der Waals surface area contributed by atoms with Gasteiger partial charge in [-0.15, -0.1) is 0 Å². The fraction of sp³-hybridized carbons (Fsp3) is 0.609. The minimum absolute atomic E-state index is 0.0277. The van der Waals surface area contributed by atoms with Gasteiger partial charge in [-0.05, 0) is 91.9 Å². The Hall–Kier alpha value is -6.42. The van der Waals surface area contributed by atoms with Gasteiger partial charge in [-0.25, -0.2) is 19.9 Å². The van der Waals surface area contributed by atoms with Gasteiger partial charge in [0.25, 0.3) is 0 Å². The van der Waals surface area contributed by atoms with Crippen LogP contribution in [0.5, 0.6) is 0 Å². The number of aliphatic hydroxyl groups is 2. The van der Waals surface area contributed by atoms with Crippen molar-refractivity contribution in [1.82, 2.24) is 68.8 Å². The van der Waals surface area contributed by atoms with E-state index in [9.17, 15) is 19.8 Å². The van der Waals surface area contributed by atoms with E-state index >= 15 is 0 Å². The summed E-state index contributed by atoms with van der Waals surface area (Å²) in [5, 5.41) is 39.0. The number of imidazole rings is 4. The van der Waals surface area contributed by atoms with Gasteiger partial charge in [0.1, 0.15) is 13.2 Å². The van der Waals surface area contributed by atoms with Gasteiger partial charge in [0.05, 0.1) is 36.7 Å². The zero-order chi connectivity index (χ0) is 47.3. The lowest BCUT2D eigenvalue weighted by molar-refractivity contribution is -0.125. The Bertz CT molecular complexity index is 2480. The molecule has 8 N–H and O–H groups in total. The molecule has 3 saturated carbocycles. The SMILES string of the molecule is CC(C)n1cnc(CCNc2nc(NC3CCC(Nc4nc(NCCc5cn(C(C)C)cn5)nc5c4ncn5[C@H]4CC[C@@H](NC(=O)CO)C4)CC3)c3ncn([C@H]4CC[C@@H](NC(=O)CO)C4)c3n2)c1. The van der Waals surface area contributed by atoms with E-state index in [1.165, 1.54) is 0 Å². The molecule has 3 aliphatic carbocycles. The van der Waals surface area contributed by atoms with Crippen molar-refractivity contribution >= 4 is 57.7 Å². The third-order valence-corrected chi connectivity index (χ3v) is 13.7. The summed E-state index contributed by atoms with van der Waals surface area (Å²) >= 11 is 0. The number of hydrogen-bond acceptors (Lipinski definition) is 16. The smallest absolute Gasteiger partial charge is 0.245 e. The first-order valence-corrected chi connectivity index (χ1v) is 24.3. The highest BCUT2D eigenvalue weighted by molar-refractivity contribution is 5.86. The average Bonchev–Trinajstić information content (AvgIpc) is 4.19. The molecule has 364 valence electrons. The number of nitrogens with zero attached hydrogens (tertiary/aromatic N) is 12. The predicted octanol–water partition coefficient (Wildman–Crippen LogP) is 4.07. The van der Waals surface area contributed by atoms with Gasteiger partial charge in [-0.1, -0.05) is 0 Å². The summed E-state index contributed by atoms with van der Waals surface area (Å²) in [4.78, 5) is 62.9. The maximum Gasteiger partial charge on any atom is 0.245 e. The number of carbonyl (C=O) groups excluding carboxylic acids is 2. The molecule has 0 aliphatic heterocycles. The van der Waals surface area contributed by atoms with Crippen molar-refractivity contribution in [2.45, 2.75) is 153 Å². The minimum Gasteiger partial charge on any atom is -0.387 e. The third kappa shape index (κ3) is 10.8. The molecule has 3 fully saturated rings. The molecule has 0 saturated heterocycles. The first-order chi connectivity index (χ1) is 33.0. The van der Waals surface area contributed by atoms with Crippen LogP contribution in [0.4, 0.5) is 23.5 Å². The molecule has 22 nitrogen and oxygen atoms in total. The molecule has 9 rings (SSSR count). The largest absolute Gasteiger partial charge is 0.387 e. The van der Waals surface area contributed by atoms with E-state index < -0.39 is 13.2 Å². The van der Waals surface area contributed by atoms with Crippen molar-refractivity contribution in [2.75, 3.05) is 47.6 Å². The van der Waals surface area contributed by atoms with Crippen LogP contribution in [-0.2, 0) is 22.4 Å². The van der Waals surface area contributed by atoms with Crippen LogP contribution >= 0.6 is 0 Å². The third-order valence-electron chi connectivity index (χ3n) is 13.7. The molecular formula is C46H66N18O4. The Morgan fingerprint density at radius 1 is 0.574 bits per heavy atom. The summed E-state index contributed by atoms with van der Waals surface area (Å²) in [6, 6.07) is 1.05. The number of aliphatic hydroxyl groups excluding tert-OH is 2. The highest BCUT2D eigenvalue weighted by Gasteiger charge is 2.32. The maximum atomic E-state index is 12.0. The predicted molar refractivity (Wildman–Crippen MR) is 257 cm³/mol. The summed E-state index contributed by atoms with van der Waals surface area (Å²) in [5.41, 5.74) is 4.84. The summed E-state index contributed by atoms with van der Waals surface area (Å²) in [6.45, 7) is 8.68. The van der Waals surface area contributed by atoms with E-state index in [0.717, 1.165) is 86.9 Å². The van der Waals surface area contributed by atoms with Crippen molar-refractivity contribution in [3.8, 4) is 0 Å². The van der Waals surface area contributed by atoms with Crippen LogP contribution in [0.3, 0.4) is 0 Å². The second kappa shape index (κ2) is 20.8. The molecule has 0 spiro atoms. The molecular weight excluding hydrogens is 869 g/mol. The molecule has 6 aromatic heterocycles. The molecule has 0 aromatic carbocycles. The molecule has 68 heavy (non-hydrogen) atoms. The van der Waals surface area contributed by atoms with Crippen molar-refractivity contribution in [3.05, 3.63) is 49.1 Å². The normalized spacial score (nSPS) is 21.8. The summed E-state index contributed by atoms with van der Waals surface area (Å²) in [5.74, 6) is 1.65. The lowest BCUT2D eigenvalue weighted by Crippen LogP contribution is -2.34. The average molecular weight is 935 g/mol. The molecule has 22 heteroatoms. The number of aromatic nitrogens is 12. The van der Waals surface area contributed by atoms with Crippen molar-refractivity contribution in [1.29, 1.82) is 0 Å². The Morgan fingerprint density at radius 2 is 0.985 bits per heavy atom. The minimum atomic E-state index is -0.526. The summed E-state index contributed by atoms with van der Waals surface area (Å²) in [7, 11) is 0. The number of carbonyl (C=O) groups is 2. The van der Waals surface area contributed by atoms with E-state index in [1.54, 1.807) is 0 Å². The fourth-order valence-corrected chi connectivity index (χ4v) is 9.91. The highest BCUT2D eigenvalue weighted by Crippen LogP contribution is 2.36. The zero-order valence-electron chi connectivity index (χ0n) is 39.5. The molecule has 0 unspecified atom stereocenters. The van der Waals surface area contributed by atoms with E-state index in [1.807, 2.05) is 25.3 Å². The van der Waals surface area contributed by atoms with Gasteiger partial charge < -0.3 is 60.4 Å². The summed E-state index contributed by atoms with van der Waals surface area (Å²) < 4.78 is 8.41. The van der Waals surface area contributed by atoms with Crippen LogP contribution in [0, 0.1) is 0 Å². The first-order valence-electron chi connectivity index (χ1n) is 24.3. The van der Waals surface area contributed by atoms with Gasteiger partial charge >= 0.3 is 0 Å². The van der Waals surface area contributed by atoms with Crippen LogP contribution < -0.4 is 31.9 Å². The van der Waals surface area contributed by atoms with Crippen LogP contribution in [0.15, 0.2) is 37.7 Å². The molecule has 4 atom stereocenters. The molecule has 3 aliphatic rings. The molecule has 6 heterocycles. The number of nitrogens with one attached hydrogen (secondary N) is 6. The van der Waals surface area contributed by atoms with Gasteiger partial charge in [-0.3, -0.25) is 9.59 Å². The first kappa shape index (κ1) is 46.7. The van der Waals surface area contributed by atoms with Crippen molar-refractivity contribution in [3.63, 3.8) is 0 Å². The van der Waals surface area contributed by atoms with Crippen LogP contribution in [0.25, 0.3) is 22.3 Å². The van der Waals surface area contributed by atoms with Gasteiger partial charge in [-0.2, -0.15) is 19.9 Å².